The van der Waals surface area contributed by atoms with Crippen molar-refractivity contribution in [1.29, 1.82) is 0 Å². The molecule has 0 saturated carbocycles. The Morgan fingerprint density at radius 1 is 1.45 bits per heavy atom. The normalized spacial score (nSPS) is 21.3. The van der Waals surface area contributed by atoms with Gasteiger partial charge in [-0.25, -0.2) is 0 Å². The number of hydrogen-bond donors (Lipinski definition) is 2. The second-order valence-corrected chi connectivity index (χ2v) is 5.22. The fourth-order valence-corrected chi connectivity index (χ4v) is 1.96. The number of amides is 3. The van der Waals surface area contributed by atoms with Gasteiger partial charge < -0.3 is 16.0 Å². The summed E-state index contributed by atoms with van der Waals surface area (Å²) in [5.41, 5.74) is 5.11. The maximum Gasteiger partial charge on any atom is 0.222 e. The van der Waals surface area contributed by atoms with Gasteiger partial charge >= 0.3 is 0 Å². The minimum atomic E-state index is -0.625. The van der Waals surface area contributed by atoms with Crippen LogP contribution in [-0.4, -0.2) is 48.0 Å². The van der Waals surface area contributed by atoms with Gasteiger partial charge in [0.1, 0.15) is 0 Å². The number of nitrogens with two attached hydrogens (primary N) is 1. The van der Waals surface area contributed by atoms with E-state index >= 15 is 0 Å². The van der Waals surface area contributed by atoms with Crippen LogP contribution in [-0.2, 0) is 19.2 Å². The van der Waals surface area contributed by atoms with Crippen molar-refractivity contribution in [2.45, 2.75) is 38.6 Å². The Kier molecular flexibility index (Phi) is 5.66. The van der Waals surface area contributed by atoms with Crippen LogP contribution in [0.2, 0.25) is 0 Å². The van der Waals surface area contributed by atoms with Gasteiger partial charge in [-0.2, -0.15) is 0 Å². The molecule has 7 heteroatoms. The monoisotopic (exact) mass is 283 g/mol. The summed E-state index contributed by atoms with van der Waals surface area (Å²) >= 11 is 0. The van der Waals surface area contributed by atoms with Crippen molar-refractivity contribution < 1.29 is 19.2 Å². The van der Waals surface area contributed by atoms with Crippen LogP contribution in [0.1, 0.15) is 32.6 Å². The number of carbonyl (C=O) groups excluding carboxylic acids is 4. The highest BCUT2D eigenvalue weighted by Gasteiger charge is 2.28. The molecule has 2 atom stereocenters. The smallest absolute Gasteiger partial charge is 0.222 e. The van der Waals surface area contributed by atoms with E-state index in [0.717, 1.165) is 0 Å². The van der Waals surface area contributed by atoms with Crippen molar-refractivity contribution >= 4 is 23.5 Å². The molecule has 112 valence electrons. The molecule has 1 fully saturated rings. The lowest BCUT2D eigenvalue weighted by atomic mass is 10.0. The van der Waals surface area contributed by atoms with Crippen molar-refractivity contribution in [3.05, 3.63) is 0 Å². The summed E-state index contributed by atoms with van der Waals surface area (Å²) in [6, 6.07) is -0.625. The predicted molar refractivity (Wildman–Crippen MR) is 71.4 cm³/mol. The van der Waals surface area contributed by atoms with Crippen LogP contribution in [0, 0.1) is 5.92 Å². The van der Waals surface area contributed by atoms with Gasteiger partial charge in [-0.15, -0.1) is 0 Å². The number of likely N-dealkylation sites (N-methyl/N-ethyl adjacent to an activating group) is 1. The van der Waals surface area contributed by atoms with Gasteiger partial charge in [0, 0.05) is 25.8 Å². The van der Waals surface area contributed by atoms with Crippen LogP contribution in [0.3, 0.4) is 0 Å². The quantitative estimate of drug-likeness (QED) is 0.688. The molecule has 0 bridgehead atoms. The third kappa shape index (κ3) is 4.64. The first-order valence-electron chi connectivity index (χ1n) is 6.66. The molecule has 0 aromatic rings. The van der Waals surface area contributed by atoms with E-state index < -0.39 is 11.9 Å². The average Bonchev–Trinajstić information content (AvgIpc) is 2.49. The molecule has 1 aliphatic heterocycles. The fraction of sp³-hybridized carbons (Fsp3) is 0.692. The lowest BCUT2D eigenvalue weighted by molar-refractivity contribution is -0.132. The van der Waals surface area contributed by atoms with Gasteiger partial charge in [0.25, 0.3) is 0 Å². The molecule has 7 nitrogen and oxygen atoms in total. The van der Waals surface area contributed by atoms with E-state index in [1.807, 2.05) is 0 Å². The van der Waals surface area contributed by atoms with Crippen LogP contribution in [0.5, 0.6) is 0 Å². The van der Waals surface area contributed by atoms with Gasteiger partial charge in [-0.05, 0) is 12.8 Å². The minimum absolute atomic E-state index is 0.0153. The minimum Gasteiger partial charge on any atom is -0.369 e. The molecular weight excluding hydrogens is 262 g/mol. The second kappa shape index (κ2) is 7.02. The number of Topliss-reactive ketones (excluding diaryl/α,β-unsaturated/α-hetero) is 1. The van der Waals surface area contributed by atoms with E-state index in [2.05, 4.69) is 5.32 Å². The molecule has 0 aromatic heterocycles. The molecule has 0 spiro atoms. The Balaban J connectivity index is 2.46. The van der Waals surface area contributed by atoms with Crippen LogP contribution in [0.4, 0.5) is 0 Å². The number of hydrogen-bond acceptors (Lipinski definition) is 4. The zero-order chi connectivity index (χ0) is 15.3. The zero-order valence-corrected chi connectivity index (χ0v) is 11.8. The van der Waals surface area contributed by atoms with E-state index in [9.17, 15) is 19.2 Å². The lowest BCUT2D eigenvalue weighted by Gasteiger charge is -2.16. The van der Waals surface area contributed by atoms with Crippen molar-refractivity contribution in [3.8, 4) is 0 Å². The van der Waals surface area contributed by atoms with Crippen molar-refractivity contribution in [2.24, 2.45) is 11.7 Å². The lowest BCUT2D eigenvalue weighted by Crippen LogP contribution is -2.43. The summed E-state index contributed by atoms with van der Waals surface area (Å²) in [6.45, 7) is 1.67. The molecular formula is C13H21N3O4. The molecule has 0 unspecified atom stereocenters. The Hall–Kier alpha value is -1.92. The van der Waals surface area contributed by atoms with Crippen molar-refractivity contribution in [2.75, 3.05) is 13.6 Å². The standard InChI is InChI=1S/C13H21N3O4/c1-8(13(14)20)3-5-11(18)15-9-4-6-12(19)16(2)7-10(9)17/h8-9H,3-7H2,1-2H3,(H2,14,20)(H,15,18)/t8-,9-/m0/s1. The summed E-state index contributed by atoms with van der Waals surface area (Å²) in [5, 5.41) is 2.62. The SMILES string of the molecule is C[C@@H](CCC(=O)N[C@H]1CCC(=O)N(C)CC1=O)C(N)=O. The van der Waals surface area contributed by atoms with Gasteiger partial charge in [-0.1, -0.05) is 6.92 Å². The van der Waals surface area contributed by atoms with E-state index in [0.29, 0.717) is 12.8 Å². The van der Waals surface area contributed by atoms with Gasteiger partial charge in [0.05, 0.1) is 12.6 Å². The third-order valence-corrected chi connectivity index (χ3v) is 3.48. The number of nitrogens with one attached hydrogen (secondary N) is 1. The number of ketones is 1. The number of carbonyl (C=O) groups is 4. The molecule has 1 aliphatic rings. The largest absolute Gasteiger partial charge is 0.369 e. The van der Waals surface area contributed by atoms with E-state index in [-0.39, 0.29) is 42.9 Å². The van der Waals surface area contributed by atoms with E-state index in [1.165, 1.54) is 4.90 Å². The highest BCUT2D eigenvalue weighted by molar-refractivity contribution is 5.94. The molecule has 0 aromatic carbocycles. The Labute approximate surface area is 117 Å². The first kappa shape index (κ1) is 16.1. The number of likely N-dealkylation sites (tertiary alicyclic amines) is 1. The predicted octanol–water partition coefficient (Wildman–Crippen LogP) is -0.806. The second-order valence-electron chi connectivity index (χ2n) is 5.22. The molecule has 1 rings (SSSR count). The highest BCUT2D eigenvalue weighted by Crippen LogP contribution is 2.10. The summed E-state index contributed by atoms with van der Waals surface area (Å²) < 4.78 is 0. The Bertz CT molecular complexity index is 422. The fourth-order valence-electron chi connectivity index (χ4n) is 1.96. The molecule has 3 amide bonds. The van der Waals surface area contributed by atoms with Crippen molar-refractivity contribution in [3.63, 3.8) is 0 Å². The van der Waals surface area contributed by atoms with Gasteiger partial charge in [0.2, 0.25) is 17.7 Å². The maximum atomic E-state index is 11.9. The number of nitrogens with zero attached hydrogens (tertiary/aromatic N) is 1. The van der Waals surface area contributed by atoms with Crippen LogP contribution in [0.25, 0.3) is 0 Å². The molecule has 1 saturated heterocycles. The summed E-state index contributed by atoms with van der Waals surface area (Å²) in [5.74, 6) is -1.39. The van der Waals surface area contributed by atoms with Crippen molar-refractivity contribution in [1.82, 2.24) is 10.2 Å². The van der Waals surface area contributed by atoms with Crippen LogP contribution < -0.4 is 11.1 Å². The topological polar surface area (TPSA) is 110 Å². The first-order valence-corrected chi connectivity index (χ1v) is 6.66. The van der Waals surface area contributed by atoms with E-state index in [4.69, 9.17) is 5.73 Å². The first-order chi connectivity index (χ1) is 9.31. The van der Waals surface area contributed by atoms with Gasteiger partial charge in [-0.3, -0.25) is 19.2 Å². The highest BCUT2D eigenvalue weighted by atomic mass is 16.2. The molecule has 0 aliphatic carbocycles. The zero-order valence-electron chi connectivity index (χ0n) is 11.8. The maximum absolute atomic E-state index is 11.9. The summed E-state index contributed by atoms with van der Waals surface area (Å²) in [4.78, 5) is 47.3. The van der Waals surface area contributed by atoms with Crippen LogP contribution >= 0.6 is 0 Å². The van der Waals surface area contributed by atoms with Crippen LogP contribution in [0.15, 0.2) is 0 Å². The number of primary amides is 1. The van der Waals surface area contributed by atoms with E-state index in [1.54, 1.807) is 14.0 Å². The molecule has 1 heterocycles. The van der Waals surface area contributed by atoms with Gasteiger partial charge in [0.15, 0.2) is 5.78 Å². The third-order valence-electron chi connectivity index (χ3n) is 3.48. The Morgan fingerprint density at radius 2 is 2.10 bits per heavy atom. The molecule has 3 N–H and O–H groups in total. The summed E-state index contributed by atoms with van der Waals surface area (Å²) in [7, 11) is 1.57. The Morgan fingerprint density at radius 3 is 2.70 bits per heavy atom. The summed E-state index contributed by atoms with van der Waals surface area (Å²) in [6.07, 6.45) is 1.04. The number of rotatable bonds is 5. The average molecular weight is 283 g/mol. The molecule has 0 radical (unpaired) electrons. The molecule has 20 heavy (non-hydrogen) atoms.